The highest BCUT2D eigenvalue weighted by atomic mass is 32.1. The Balaban J connectivity index is 0.000000103. The van der Waals surface area contributed by atoms with Crippen LogP contribution in [0.15, 0.2) is 455 Å². The Labute approximate surface area is 817 Å². The third-order valence-electron chi connectivity index (χ3n) is 27.3. The molecule has 0 bridgehead atoms. The van der Waals surface area contributed by atoms with Crippen molar-refractivity contribution in [3.63, 3.8) is 0 Å². The maximum atomic E-state index is 5.29. The molecule has 19 aromatic carbocycles. The predicted molar refractivity (Wildman–Crippen MR) is 591 cm³/mol. The Morgan fingerprint density at radius 2 is 0.550 bits per heavy atom. The first-order valence-electron chi connectivity index (χ1n) is 46.8. The highest BCUT2D eigenvalue weighted by Crippen LogP contribution is 2.51. The molecule has 0 amide bonds. The summed E-state index contributed by atoms with van der Waals surface area (Å²) in [6.07, 6.45) is 1.90. The van der Waals surface area contributed by atoms with E-state index in [1.807, 2.05) is 106 Å². The van der Waals surface area contributed by atoms with Gasteiger partial charge in [-0.2, -0.15) is 9.97 Å². The summed E-state index contributed by atoms with van der Waals surface area (Å²) in [6.45, 7) is 0. The standard InChI is InChI=1S/C45H27N5S.C40H23N3S2.C40H25N3S/c1-3-13-28(14-4-1)43-46-44(29-15-5-2-6-16-29)48-45(47-43)50-38-25-23-30(49-36-20-10-7-17-31(36)32-18-8-11-21-37(32)49)27-35(38)41-39(50)26-24-34-33-19-9-12-22-40(33)51-42(34)41;1-2-9-24(10-3-1)25-17-18-31-34(23-25)43(33-20-19-29-27-12-5-7-16-36(27)45-39(29)37(31)33)40-41-22-21-32(42-40)30-14-8-13-28-26-11-4-6-15-35(26)44-38(28)30;1-4-13-26(14-5-1)33-25-34(27-15-6-2-7-16-27)42-40(41-33)32-21-12-20-29-30-23-24-36-37(39(30)44-38(29)32)31-19-10-11-22-35(31)43(36)28-17-8-3-9-18-28/h1-27H;1-23H;1-25H. The van der Waals surface area contributed by atoms with Gasteiger partial charge in [0.2, 0.25) is 11.9 Å². The van der Waals surface area contributed by atoms with Gasteiger partial charge in [0.15, 0.2) is 17.5 Å². The average Bonchev–Trinajstić information content (AvgIpc) is 1.57. The molecule has 0 aliphatic heterocycles. The van der Waals surface area contributed by atoms with Crippen LogP contribution in [-0.2, 0) is 0 Å². The Morgan fingerprint density at radius 3 is 1.11 bits per heavy atom. The zero-order valence-electron chi connectivity index (χ0n) is 74.9. The lowest BCUT2D eigenvalue weighted by Crippen LogP contribution is -2.06. The maximum Gasteiger partial charge on any atom is 0.238 e. The van der Waals surface area contributed by atoms with E-state index >= 15 is 0 Å². The monoisotopic (exact) mass is 1860 g/mol. The molecule has 0 atom stereocenters. The first-order chi connectivity index (χ1) is 69.4. The SMILES string of the molecule is c1ccc(-c2cc(-c3ccccc3)nc(-c3cccc4c3sc3c4ccc4c3c3ccccc3n4-c3ccccc3)n2)cc1.c1ccc(-c2ccc3c4c5sc6ccccc6c5ccc4n(-c4nccc(-c5cccc6c5sc5ccccc56)n4)c3c2)cc1.c1ccc(-c2nc(-c3ccccc3)nc(-n3c4ccc(-n5c6ccccc6c6ccccc65)cc4c4c5sc6ccccc6c5ccc43)n2)cc1. The van der Waals surface area contributed by atoms with Gasteiger partial charge in [0, 0.05) is 175 Å². The van der Waals surface area contributed by atoms with Crippen molar-refractivity contribution < 1.29 is 0 Å². The van der Waals surface area contributed by atoms with Crippen LogP contribution in [0.4, 0.5) is 0 Å². The first kappa shape index (κ1) is 80.8. The first-order valence-corrected chi connectivity index (χ1v) is 50.1. The van der Waals surface area contributed by atoms with Gasteiger partial charge >= 0.3 is 0 Å². The minimum absolute atomic E-state index is 0.591. The van der Waals surface area contributed by atoms with Crippen molar-refractivity contribution in [2.75, 3.05) is 0 Å². The minimum atomic E-state index is 0.591. The third kappa shape index (κ3) is 13.3. The van der Waals surface area contributed by atoms with E-state index in [9.17, 15) is 0 Å². The van der Waals surface area contributed by atoms with Gasteiger partial charge in [0.05, 0.1) is 61.2 Å². The van der Waals surface area contributed by atoms with Crippen LogP contribution < -0.4 is 0 Å². The van der Waals surface area contributed by atoms with E-state index in [-0.39, 0.29) is 0 Å². The van der Waals surface area contributed by atoms with E-state index in [1.54, 1.807) is 0 Å². The molecule has 140 heavy (non-hydrogen) atoms. The molecular formula is C125H75N11S4. The summed E-state index contributed by atoms with van der Waals surface area (Å²) < 4.78 is 19.4. The molecule has 654 valence electrons. The second kappa shape index (κ2) is 33.2. The summed E-state index contributed by atoms with van der Waals surface area (Å²) in [5.74, 6) is 3.29. The molecule has 0 N–H and O–H groups in total. The number of thiophene rings is 4. The molecule has 0 aliphatic rings. The lowest BCUT2D eigenvalue weighted by Gasteiger charge is -2.11. The Bertz CT molecular complexity index is 10100. The smallest absolute Gasteiger partial charge is 0.238 e. The van der Waals surface area contributed by atoms with Gasteiger partial charge in [-0.25, -0.2) is 24.9 Å². The van der Waals surface area contributed by atoms with Crippen molar-refractivity contribution >= 4 is 213 Å². The fourth-order valence-corrected chi connectivity index (χ4v) is 26.1. The molecule has 0 spiro atoms. The summed E-state index contributed by atoms with van der Waals surface area (Å²) in [5, 5.41) is 20.0. The second-order valence-corrected chi connectivity index (χ2v) is 39.4. The number of nitrogens with zero attached hydrogens (tertiary/aromatic N) is 11. The van der Waals surface area contributed by atoms with E-state index < -0.39 is 0 Å². The van der Waals surface area contributed by atoms with Crippen LogP contribution in [0.2, 0.25) is 0 Å². The van der Waals surface area contributed by atoms with Gasteiger partial charge in [-0.05, 0) is 120 Å². The van der Waals surface area contributed by atoms with Crippen molar-refractivity contribution in [3.8, 4) is 102 Å². The van der Waals surface area contributed by atoms with Gasteiger partial charge < -0.3 is 9.13 Å². The van der Waals surface area contributed by atoms with Crippen LogP contribution in [0.25, 0.3) is 270 Å². The highest BCUT2D eigenvalue weighted by molar-refractivity contribution is 7.28. The van der Waals surface area contributed by atoms with E-state index in [4.69, 9.17) is 34.9 Å². The molecule has 11 nitrogen and oxygen atoms in total. The van der Waals surface area contributed by atoms with Gasteiger partial charge in [-0.1, -0.05) is 340 Å². The molecular weight excluding hydrogens is 1780 g/mol. The number of benzene rings is 19. The molecule has 30 aromatic rings. The summed E-state index contributed by atoms with van der Waals surface area (Å²) in [6, 6.07) is 159. The van der Waals surface area contributed by atoms with Crippen molar-refractivity contribution in [2.24, 2.45) is 0 Å². The van der Waals surface area contributed by atoms with E-state index in [0.29, 0.717) is 23.5 Å². The highest BCUT2D eigenvalue weighted by Gasteiger charge is 2.28. The molecule has 15 heteroatoms. The second-order valence-electron chi connectivity index (χ2n) is 35.2. The molecule has 0 saturated heterocycles. The molecule has 11 aromatic heterocycles. The van der Waals surface area contributed by atoms with Crippen LogP contribution in [0.3, 0.4) is 0 Å². The molecule has 0 fully saturated rings. The number of para-hydroxylation sites is 4. The minimum Gasteiger partial charge on any atom is -0.309 e. The fourth-order valence-electron chi connectivity index (χ4n) is 21.0. The predicted octanol–water partition coefficient (Wildman–Crippen LogP) is 34.4. The normalized spacial score (nSPS) is 11.9. The molecule has 0 saturated carbocycles. The molecule has 0 aliphatic carbocycles. The van der Waals surface area contributed by atoms with Gasteiger partial charge in [-0.3, -0.25) is 9.13 Å². The van der Waals surface area contributed by atoms with Crippen molar-refractivity contribution in [1.82, 2.24) is 53.2 Å². The zero-order valence-corrected chi connectivity index (χ0v) is 78.1. The van der Waals surface area contributed by atoms with Crippen molar-refractivity contribution in [1.29, 1.82) is 0 Å². The van der Waals surface area contributed by atoms with E-state index in [1.165, 1.54) is 157 Å². The summed E-state index contributed by atoms with van der Waals surface area (Å²) in [7, 11) is 0. The molecule has 0 radical (unpaired) electrons. The number of hydrogen-bond donors (Lipinski definition) is 0. The van der Waals surface area contributed by atoms with Gasteiger partial charge in [0.25, 0.3) is 0 Å². The van der Waals surface area contributed by atoms with Crippen LogP contribution >= 0.6 is 45.3 Å². The largest absolute Gasteiger partial charge is 0.309 e. The Morgan fingerprint density at radius 1 is 0.171 bits per heavy atom. The number of hydrogen-bond acceptors (Lipinski definition) is 11. The Kier molecular flexibility index (Phi) is 19.2. The van der Waals surface area contributed by atoms with Crippen molar-refractivity contribution in [2.45, 2.75) is 0 Å². The number of rotatable bonds is 11. The van der Waals surface area contributed by atoms with E-state index in [2.05, 4.69) is 413 Å². The van der Waals surface area contributed by atoms with E-state index in [0.717, 1.165) is 89.4 Å². The lowest BCUT2D eigenvalue weighted by atomic mass is 10.0. The summed E-state index contributed by atoms with van der Waals surface area (Å²) in [5.41, 5.74) is 22.8. The van der Waals surface area contributed by atoms with Crippen LogP contribution in [0.5, 0.6) is 0 Å². The van der Waals surface area contributed by atoms with Crippen LogP contribution in [0.1, 0.15) is 0 Å². The molecule has 11 heterocycles. The average molecular weight is 1860 g/mol. The lowest BCUT2D eigenvalue weighted by molar-refractivity contribution is 0.953. The fraction of sp³-hybridized carbons (Fsp3) is 0. The summed E-state index contributed by atoms with van der Waals surface area (Å²) >= 11 is 7.39. The number of aromatic nitrogens is 11. The maximum absolute atomic E-state index is 5.29. The topological polar surface area (TPSA) is 110 Å². The summed E-state index contributed by atoms with van der Waals surface area (Å²) in [4.78, 5) is 35.9. The molecule has 0 unspecified atom stereocenters. The zero-order chi connectivity index (χ0) is 92.0. The van der Waals surface area contributed by atoms with Crippen LogP contribution in [-0.4, -0.2) is 53.2 Å². The quantitative estimate of drug-likeness (QED) is 0.127. The third-order valence-corrected chi connectivity index (χ3v) is 32.2. The van der Waals surface area contributed by atoms with Crippen LogP contribution in [0, 0.1) is 0 Å². The van der Waals surface area contributed by atoms with Crippen molar-refractivity contribution in [3.05, 3.63) is 455 Å². The number of fused-ring (bicyclic) bond motifs is 27. The molecule has 30 rings (SSSR count). The van der Waals surface area contributed by atoms with Gasteiger partial charge in [0.1, 0.15) is 0 Å². The van der Waals surface area contributed by atoms with Gasteiger partial charge in [-0.15, -0.1) is 45.3 Å². The Hall–Kier alpha value is -17.6.